The Hall–Kier alpha value is -0.610. The molecule has 106 valence electrons. The summed E-state index contributed by atoms with van der Waals surface area (Å²) >= 11 is 0. The molecule has 1 aliphatic heterocycles. The van der Waals surface area contributed by atoms with Crippen molar-refractivity contribution in [2.75, 3.05) is 26.7 Å². The van der Waals surface area contributed by atoms with E-state index < -0.39 is 0 Å². The highest BCUT2D eigenvalue weighted by Gasteiger charge is 2.21. The summed E-state index contributed by atoms with van der Waals surface area (Å²) < 4.78 is 0. The van der Waals surface area contributed by atoms with Crippen LogP contribution in [0.2, 0.25) is 0 Å². The van der Waals surface area contributed by atoms with E-state index in [0.29, 0.717) is 18.5 Å². The van der Waals surface area contributed by atoms with Gasteiger partial charge in [-0.2, -0.15) is 0 Å². The van der Waals surface area contributed by atoms with Gasteiger partial charge in [0, 0.05) is 18.6 Å². The lowest BCUT2D eigenvalue weighted by atomic mass is 10.0. The Morgan fingerprint density at radius 1 is 1.39 bits per heavy atom. The average molecular weight is 255 g/mol. The summed E-state index contributed by atoms with van der Waals surface area (Å²) in [7, 11) is 2.04. The zero-order valence-electron chi connectivity index (χ0n) is 12.3. The molecule has 2 atom stereocenters. The van der Waals surface area contributed by atoms with Gasteiger partial charge in [0.1, 0.15) is 0 Å². The summed E-state index contributed by atoms with van der Waals surface area (Å²) in [5, 5.41) is 6.42. The number of hydrogen-bond donors (Lipinski definition) is 2. The molecular weight excluding hydrogens is 226 g/mol. The van der Waals surface area contributed by atoms with Crippen LogP contribution < -0.4 is 10.6 Å². The first-order valence-corrected chi connectivity index (χ1v) is 7.19. The molecule has 2 N–H and O–H groups in total. The number of carbonyl (C=O) groups is 1. The number of rotatable bonds is 7. The molecule has 0 aromatic rings. The second kappa shape index (κ2) is 7.74. The molecule has 2 unspecified atom stereocenters. The van der Waals surface area contributed by atoms with Gasteiger partial charge < -0.3 is 10.6 Å². The molecule has 0 bridgehead atoms. The summed E-state index contributed by atoms with van der Waals surface area (Å²) in [6, 6.07) is 0.803. The van der Waals surface area contributed by atoms with Crippen molar-refractivity contribution in [2.45, 2.75) is 52.1 Å². The van der Waals surface area contributed by atoms with Gasteiger partial charge in [0.25, 0.3) is 0 Å². The number of nitrogens with zero attached hydrogens (tertiary/aromatic N) is 1. The monoisotopic (exact) mass is 255 g/mol. The van der Waals surface area contributed by atoms with Crippen LogP contribution in [0.3, 0.4) is 0 Å². The van der Waals surface area contributed by atoms with Gasteiger partial charge in [0.15, 0.2) is 0 Å². The van der Waals surface area contributed by atoms with E-state index in [9.17, 15) is 4.79 Å². The van der Waals surface area contributed by atoms with E-state index in [4.69, 9.17) is 0 Å². The third kappa shape index (κ3) is 5.83. The van der Waals surface area contributed by atoms with Gasteiger partial charge in [0.05, 0.1) is 6.54 Å². The largest absolute Gasteiger partial charge is 0.353 e. The number of nitrogens with one attached hydrogen (secondary N) is 2. The fourth-order valence-electron chi connectivity index (χ4n) is 2.35. The molecule has 0 radical (unpaired) electrons. The molecule has 0 spiro atoms. The van der Waals surface area contributed by atoms with E-state index >= 15 is 0 Å². The van der Waals surface area contributed by atoms with Gasteiger partial charge in [-0.25, -0.2) is 0 Å². The van der Waals surface area contributed by atoms with Crippen LogP contribution in [0.5, 0.6) is 0 Å². The van der Waals surface area contributed by atoms with Crippen molar-refractivity contribution in [2.24, 2.45) is 5.92 Å². The minimum absolute atomic E-state index is 0.153. The Bertz CT molecular complexity index is 249. The Balaban J connectivity index is 2.19. The van der Waals surface area contributed by atoms with Gasteiger partial charge in [-0.1, -0.05) is 13.8 Å². The molecule has 0 aromatic carbocycles. The van der Waals surface area contributed by atoms with E-state index in [1.165, 1.54) is 6.42 Å². The van der Waals surface area contributed by atoms with Gasteiger partial charge in [-0.15, -0.1) is 0 Å². The molecule has 1 saturated heterocycles. The highest BCUT2D eigenvalue weighted by atomic mass is 16.2. The minimum Gasteiger partial charge on any atom is -0.353 e. The van der Waals surface area contributed by atoms with Crippen molar-refractivity contribution in [3.63, 3.8) is 0 Å². The molecule has 4 nitrogen and oxygen atoms in total. The van der Waals surface area contributed by atoms with Crippen molar-refractivity contribution >= 4 is 5.91 Å². The van der Waals surface area contributed by atoms with Gasteiger partial charge in [-0.3, -0.25) is 9.69 Å². The van der Waals surface area contributed by atoms with E-state index in [-0.39, 0.29) is 11.9 Å². The quantitative estimate of drug-likeness (QED) is 0.719. The third-order valence-corrected chi connectivity index (χ3v) is 3.64. The van der Waals surface area contributed by atoms with Crippen LogP contribution in [0, 0.1) is 5.92 Å². The second-order valence-corrected chi connectivity index (χ2v) is 6.00. The zero-order valence-corrected chi connectivity index (χ0v) is 12.3. The Morgan fingerprint density at radius 2 is 2.11 bits per heavy atom. The lowest BCUT2D eigenvalue weighted by Crippen LogP contribution is -2.44. The first kappa shape index (κ1) is 15.4. The smallest absolute Gasteiger partial charge is 0.234 e. The van der Waals surface area contributed by atoms with Crippen LogP contribution in [-0.4, -0.2) is 49.6 Å². The molecule has 1 fully saturated rings. The van der Waals surface area contributed by atoms with Crippen molar-refractivity contribution in [3.8, 4) is 0 Å². The maximum Gasteiger partial charge on any atom is 0.234 e. The molecule has 18 heavy (non-hydrogen) atoms. The van der Waals surface area contributed by atoms with E-state index in [1.807, 2.05) is 7.05 Å². The number of amides is 1. The highest BCUT2D eigenvalue weighted by Crippen LogP contribution is 2.07. The molecule has 0 saturated carbocycles. The summed E-state index contributed by atoms with van der Waals surface area (Å²) in [4.78, 5) is 14.0. The predicted molar refractivity (Wildman–Crippen MR) is 75.6 cm³/mol. The Morgan fingerprint density at radius 3 is 2.67 bits per heavy atom. The Kier molecular flexibility index (Phi) is 6.65. The third-order valence-electron chi connectivity index (χ3n) is 3.64. The van der Waals surface area contributed by atoms with Crippen LogP contribution in [-0.2, 0) is 4.79 Å². The van der Waals surface area contributed by atoms with Crippen molar-refractivity contribution < 1.29 is 4.79 Å². The van der Waals surface area contributed by atoms with Gasteiger partial charge >= 0.3 is 0 Å². The van der Waals surface area contributed by atoms with Crippen LogP contribution in [0.4, 0.5) is 0 Å². The molecule has 1 rings (SSSR count). The van der Waals surface area contributed by atoms with E-state index in [1.54, 1.807) is 0 Å². The van der Waals surface area contributed by atoms with Crippen molar-refractivity contribution in [3.05, 3.63) is 0 Å². The first-order chi connectivity index (χ1) is 8.49. The number of likely N-dealkylation sites (N-methyl/N-ethyl adjacent to an activating group) is 1. The van der Waals surface area contributed by atoms with Crippen LogP contribution in [0.1, 0.15) is 40.0 Å². The zero-order chi connectivity index (χ0) is 13.5. The number of hydrogen-bond acceptors (Lipinski definition) is 3. The van der Waals surface area contributed by atoms with E-state index in [0.717, 1.165) is 25.9 Å². The Labute approximate surface area is 111 Å². The second-order valence-electron chi connectivity index (χ2n) is 6.00. The molecule has 1 heterocycles. The highest BCUT2D eigenvalue weighted by molar-refractivity contribution is 5.78. The summed E-state index contributed by atoms with van der Waals surface area (Å²) in [6.45, 7) is 9.12. The maximum absolute atomic E-state index is 11.9. The first-order valence-electron chi connectivity index (χ1n) is 7.19. The molecular formula is C14H29N3O. The lowest BCUT2D eigenvalue weighted by molar-refractivity contribution is -0.123. The fraction of sp³-hybridized carbons (Fsp3) is 0.929. The molecule has 0 aliphatic carbocycles. The predicted octanol–water partition coefficient (Wildman–Crippen LogP) is 1.22. The normalized spacial score (nSPS) is 21.6. The van der Waals surface area contributed by atoms with Gasteiger partial charge in [0.2, 0.25) is 5.91 Å². The summed E-state index contributed by atoms with van der Waals surface area (Å²) in [5.41, 5.74) is 0. The average Bonchev–Trinajstić information content (AvgIpc) is 2.79. The molecule has 1 aliphatic rings. The van der Waals surface area contributed by atoms with Gasteiger partial charge in [-0.05, 0) is 45.7 Å². The lowest BCUT2D eigenvalue weighted by Gasteiger charge is -2.24. The molecule has 0 aromatic heterocycles. The van der Waals surface area contributed by atoms with Crippen LogP contribution in [0.25, 0.3) is 0 Å². The topological polar surface area (TPSA) is 44.4 Å². The fourth-order valence-corrected chi connectivity index (χ4v) is 2.35. The summed E-state index contributed by atoms with van der Waals surface area (Å²) in [5.74, 6) is 0.859. The molecule has 1 amide bonds. The van der Waals surface area contributed by atoms with Crippen molar-refractivity contribution in [1.82, 2.24) is 15.5 Å². The van der Waals surface area contributed by atoms with Crippen LogP contribution >= 0.6 is 0 Å². The van der Waals surface area contributed by atoms with E-state index in [2.05, 4.69) is 36.3 Å². The standard InChI is InChI=1S/C14H29N3O/c1-11(2)5-6-12(3)16-14(18)10-17(4)13-7-8-15-9-13/h11-13,15H,5-10H2,1-4H3,(H,16,18). The SMILES string of the molecule is CC(C)CCC(C)NC(=O)CN(C)C1CCNC1. The molecule has 4 heteroatoms. The minimum atomic E-state index is 0.153. The summed E-state index contributed by atoms with van der Waals surface area (Å²) in [6.07, 6.45) is 3.38. The maximum atomic E-state index is 11.9. The van der Waals surface area contributed by atoms with Crippen molar-refractivity contribution in [1.29, 1.82) is 0 Å². The number of carbonyl (C=O) groups excluding carboxylic acids is 1. The van der Waals surface area contributed by atoms with Crippen LogP contribution in [0.15, 0.2) is 0 Å².